The fourth-order valence-electron chi connectivity index (χ4n) is 2.47. The highest BCUT2D eigenvalue weighted by Crippen LogP contribution is 2.34. The van der Waals surface area contributed by atoms with Gasteiger partial charge in [-0.15, -0.1) is 0 Å². The van der Waals surface area contributed by atoms with E-state index in [0.717, 1.165) is 5.56 Å². The number of carbonyl (C=O) groups excluding carboxylic acids is 1. The van der Waals surface area contributed by atoms with E-state index in [1.807, 2.05) is 0 Å². The van der Waals surface area contributed by atoms with E-state index in [4.69, 9.17) is 24.1 Å². The van der Waals surface area contributed by atoms with Crippen LogP contribution in [-0.4, -0.2) is 50.0 Å². The number of carboxylic acids is 1. The molecule has 0 saturated carbocycles. The Balaban J connectivity index is 1.86. The van der Waals surface area contributed by atoms with Crippen LogP contribution in [-0.2, 0) is 23.7 Å². The van der Waals surface area contributed by atoms with Crippen LogP contribution < -0.4 is 5.32 Å². The number of hydrogen-bond acceptors (Lipinski definition) is 6. The standard InChI is InChI=1S/C15H17NO7/c17-12(18)8-16-13(19)9-1-2-10(14-20-3-4-21-14)11(7-9)15-22-5-6-23-15/h1-2,7,14-15H,3-6,8H2,(H,16,19)(H,17,18). The first-order valence-electron chi connectivity index (χ1n) is 7.25. The highest BCUT2D eigenvalue weighted by Gasteiger charge is 2.29. The number of carbonyl (C=O) groups is 2. The number of benzene rings is 1. The summed E-state index contributed by atoms with van der Waals surface area (Å²) in [7, 11) is 0. The van der Waals surface area contributed by atoms with E-state index < -0.39 is 31.0 Å². The maximum Gasteiger partial charge on any atom is 0.322 e. The zero-order valence-electron chi connectivity index (χ0n) is 12.3. The predicted octanol–water partition coefficient (Wildman–Crippen LogP) is 0.592. The lowest BCUT2D eigenvalue weighted by Gasteiger charge is -2.19. The molecule has 0 unspecified atom stereocenters. The van der Waals surface area contributed by atoms with Crippen molar-refractivity contribution in [1.29, 1.82) is 0 Å². The third-order valence-electron chi connectivity index (χ3n) is 3.50. The van der Waals surface area contributed by atoms with Gasteiger partial charge in [0, 0.05) is 16.7 Å². The smallest absolute Gasteiger partial charge is 0.322 e. The average molecular weight is 323 g/mol. The van der Waals surface area contributed by atoms with Gasteiger partial charge in [-0.25, -0.2) is 0 Å². The maximum atomic E-state index is 12.0. The van der Waals surface area contributed by atoms with Crippen molar-refractivity contribution in [2.75, 3.05) is 33.0 Å². The highest BCUT2D eigenvalue weighted by atomic mass is 16.7. The van der Waals surface area contributed by atoms with Gasteiger partial charge in [-0.3, -0.25) is 9.59 Å². The number of amides is 1. The van der Waals surface area contributed by atoms with Crippen molar-refractivity contribution in [3.63, 3.8) is 0 Å². The molecule has 2 aliphatic rings. The summed E-state index contributed by atoms with van der Waals surface area (Å²) in [6, 6.07) is 4.93. The first kappa shape index (κ1) is 15.9. The quantitative estimate of drug-likeness (QED) is 0.817. The molecule has 23 heavy (non-hydrogen) atoms. The van der Waals surface area contributed by atoms with Gasteiger partial charge in [0.05, 0.1) is 26.4 Å². The van der Waals surface area contributed by atoms with Crippen molar-refractivity contribution < 1.29 is 33.6 Å². The first-order chi connectivity index (χ1) is 11.1. The van der Waals surface area contributed by atoms with Gasteiger partial charge in [0.2, 0.25) is 0 Å². The molecule has 0 aliphatic carbocycles. The zero-order valence-corrected chi connectivity index (χ0v) is 12.3. The van der Waals surface area contributed by atoms with Crippen molar-refractivity contribution in [2.45, 2.75) is 12.6 Å². The Morgan fingerprint density at radius 2 is 1.57 bits per heavy atom. The number of rotatable bonds is 5. The van der Waals surface area contributed by atoms with Crippen molar-refractivity contribution in [3.05, 3.63) is 34.9 Å². The van der Waals surface area contributed by atoms with Crippen molar-refractivity contribution in [2.24, 2.45) is 0 Å². The molecule has 2 heterocycles. The first-order valence-corrected chi connectivity index (χ1v) is 7.25. The van der Waals surface area contributed by atoms with Gasteiger partial charge in [0.1, 0.15) is 6.54 Å². The Bertz CT molecular complexity index is 591. The van der Waals surface area contributed by atoms with E-state index in [0.29, 0.717) is 37.6 Å². The molecule has 0 radical (unpaired) electrons. The lowest BCUT2D eigenvalue weighted by molar-refractivity contribution is -0.135. The van der Waals surface area contributed by atoms with Gasteiger partial charge in [0.25, 0.3) is 5.91 Å². The van der Waals surface area contributed by atoms with E-state index in [1.54, 1.807) is 18.2 Å². The third-order valence-corrected chi connectivity index (χ3v) is 3.50. The van der Waals surface area contributed by atoms with Crippen molar-refractivity contribution >= 4 is 11.9 Å². The molecule has 8 nitrogen and oxygen atoms in total. The topological polar surface area (TPSA) is 103 Å². The molecule has 2 saturated heterocycles. The lowest BCUT2D eigenvalue weighted by Crippen LogP contribution is -2.29. The average Bonchev–Trinajstić information content (AvgIpc) is 3.24. The van der Waals surface area contributed by atoms with E-state index in [2.05, 4.69) is 5.32 Å². The normalized spacial score (nSPS) is 19.1. The number of ether oxygens (including phenoxy) is 4. The van der Waals surface area contributed by atoms with Gasteiger partial charge in [-0.05, 0) is 12.1 Å². The van der Waals surface area contributed by atoms with Crippen LogP contribution in [0.1, 0.15) is 34.1 Å². The summed E-state index contributed by atoms with van der Waals surface area (Å²) in [6.45, 7) is 1.48. The molecule has 1 aromatic rings. The number of carboxylic acid groups (broad SMARTS) is 1. The molecule has 8 heteroatoms. The van der Waals surface area contributed by atoms with Gasteiger partial charge >= 0.3 is 5.97 Å². The van der Waals surface area contributed by atoms with Gasteiger partial charge in [-0.1, -0.05) is 6.07 Å². The van der Waals surface area contributed by atoms with E-state index in [1.165, 1.54) is 0 Å². The lowest BCUT2D eigenvalue weighted by atomic mass is 10.0. The van der Waals surface area contributed by atoms with Crippen LogP contribution in [0.3, 0.4) is 0 Å². The summed E-state index contributed by atoms with van der Waals surface area (Å²) in [5.41, 5.74) is 1.71. The fourth-order valence-corrected chi connectivity index (χ4v) is 2.47. The summed E-state index contributed by atoms with van der Waals surface area (Å²) in [5, 5.41) is 11.0. The van der Waals surface area contributed by atoms with E-state index in [9.17, 15) is 9.59 Å². The molecule has 2 N–H and O–H groups in total. The SMILES string of the molecule is O=C(O)CNC(=O)c1ccc(C2OCCO2)c(C2OCCO2)c1. The van der Waals surface area contributed by atoms with Crippen molar-refractivity contribution in [1.82, 2.24) is 5.32 Å². The van der Waals surface area contributed by atoms with Crippen LogP contribution in [0.15, 0.2) is 18.2 Å². The van der Waals surface area contributed by atoms with Gasteiger partial charge in [0.15, 0.2) is 12.6 Å². The minimum atomic E-state index is -1.11. The minimum absolute atomic E-state index is 0.321. The van der Waals surface area contributed by atoms with Crippen LogP contribution in [0.2, 0.25) is 0 Å². The Kier molecular flexibility index (Phi) is 4.87. The van der Waals surface area contributed by atoms with Crippen LogP contribution in [0.25, 0.3) is 0 Å². The van der Waals surface area contributed by atoms with Crippen LogP contribution in [0.5, 0.6) is 0 Å². The number of aliphatic carboxylic acids is 1. The summed E-state index contributed by atoms with van der Waals surface area (Å²) in [5.74, 6) is -1.59. The molecule has 1 amide bonds. The van der Waals surface area contributed by atoms with Crippen LogP contribution in [0, 0.1) is 0 Å². The molecule has 0 spiro atoms. The Labute approximate surface area is 132 Å². The largest absolute Gasteiger partial charge is 0.480 e. The van der Waals surface area contributed by atoms with Crippen molar-refractivity contribution in [3.8, 4) is 0 Å². The Morgan fingerprint density at radius 1 is 1.00 bits per heavy atom. The number of nitrogens with one attached hydrogen (secondary N) is 1. The molecule has 2 fully saturated rings. The summed E-state index contributed by atoms with van der Waals surface area (Å²) in [6.07, 6.45) is -1.11. The molecular weight excluding hydrogens is 306 g/mol. The molecular formula is C15H17NO7. The van der Waals surface area contributed by atoms with E-state index in [-0.39, 0.29) is 0 Å². The minimum Gasteiger partial charge on any atom is -0.480 e. The molecule has 124 valence electrons. The summed E-state index contributed by atoms with van der Waals surface area (Å²) >= 11 is 0. The number of hydrogen-bond donors (Lipinski definition) is 2. The molecule has 3 rings (SSSR count). The maximum absolute atomic E-state index is 12.0. The second-order valence-corrected chi connectivity index (χ2v) is 5.07. The van der Waals surface area contributed by atoms with Gasteiger partial charge in [-0.2, -0.15) is 0 Å². The van der Waals surface area contributed by atoms with Crippen LogP contribution in [0.4, 0.5) is 0 Å². The molecule has 0 aromatic heterocycles. The highest BCUT2D eigenvalue weighted by molar-refractivity contribution is 5.96. The third kappa shape index (κ3) is 3.67. The van der Waals surface area contributed by atoms with E-state index >= 15 is 0 Å². The molecule has 2 aliphatic heterocycles. The second kappa shape index (κ2) is 7.05. The molecule has 1 aromatic carbocycles. The van der Waals surface area contributed by atoms with Crippen LogP contribution >= 0.6 is 0 Å². The predicted molar refractivity (Wildman–Crippen MR) is 75.7 cm³/mol. The Morgan fingerprint density at radius 3 is 2.13 bits per heavy atom. The monoisotopic (exact) mass is 323 g/mol. The molecule has 0 bridgehead atoms. The summed E-state index contributed by atoms with van der Waals surface area (Å²) < 4.78 is 22.0. The zero-order chi connectivity index (χ0) is 16.2. The second-order valence-electron chi connectivity index (χ2n) is 5.07. The Hall–Kier alpha value is -2.00. The summed E-state index contributed by atoms with van der Waals surface area (Å²) in [4.78, 5) is 22.6. The molecule has 0 atom stereocenters. The fraction of sp³-hybridized carbons (Fsp3) is 0.467. The van der Waals surface area contributed by atoms with Gasteiger partial charge < -0.3 is 29.4 Å².